The third-order valence-electron chi connectivity index (χ3n) is 8.32. The van der Waals surface area contributed by atoms with E-state index in [1.807, 2.05) is 38.1 Å². The van der Waals surface area contributed by atoms with Crippen molar-refractivity contribution >= 4 is 35.2 Å². The minimum absolute atomic E-state index is 0.0560. The van der Waals surface area contributed by atoms with Crippen LogP contribution in [-0.2, 0) is 19.1 Å². The van der Waals surface area contributed by atoms with Crippen molar-refractivity contribution in [2.24, 2.45) is 11.8 Å². The van der Waals surface area contributed by atoms with Crippen LogP contribution in [0.4, 0.5) is 5.69 Å². The highest BCUT2D eigenvalue weighted by Crippen LogP contribution is 2.67. The topological polar surface area (TPSA) is 87.2 Å². The fraction of sp³-hybridized carbons (Fsp3) is 0.567. The Bertz CT molecular complexity index is 1090. The predicted molar refractivity (Wildman–Crippen MR) is 151 cm³/mol. The normalized spacial score (nSPS) is 28.2. The molecule has 0 aliphatic carbocycles. The van der Waals surface area contributed by atoms with E-state index in [1.165, 1.54) is 0 Å². The number of aryl methyl sites for hydroxylation is 2. The van der Waals surface area contributed by atoms with Gasteiger partial charge in [0.15, 0.2) is 0 Å². The molecule has 1 N–H and O–H groups in total. The molecular weight excluding hydrogens is 500 g/mol. The first-order chi connectivity index (χ1) is 18.2. The third-order valence-corrected chi connectivity index (χ3v) is 10.3. The van der Waals surface area contributed by atoms with Crippen LogP contribution in [0.5, 0.6) is 0 Å². The molecule has 2 bridgehead atoms. The van der Waals surface area contributed by atoms with Gasteiger partial charge < -0.3 is 19.6 Å². The molecule has 8 heteroatoms. The van der Waals surface area contributed by atoms with Crippen molar-refractivity contribution in [2.75, 3.05) is 24.7 Å². The maximum absolute atomic E-state index is 14.6. The van der Waals surface area contributed by atoms with E-state index in [9.17, 15) is 19.5 Å². The summed E-state index contributed by atoms with van der Waals surface area (Å²) < 4.78 is 4.94. The number of hydrogen-bond acceptors (Lipinski definition) is 6. The third kappa shape index (κ3) is 4.70. The van der Waals surface area contributed by atoms with E-state index in [0.29, 0.717) is 19.6 Å². The molecule has 4 rings (SSSR count). The van der Waals surface area contributed by atoms with Gasteiger partial charge in [-0.3, -0.25) is 14.4 Å². The van der Waals surface area contributed by atoms with E-state index < -0.39 is 28.7 Å². The Morgan fingerprint density at radius 3 is 2.61 bits per heavy atom. The number of rotatable bonds is 12. The number of para-hydroxylation sites is 1. The van der Waals surface area contributed by atoms with Crippen molar-refractivity contribution in [3.8, 4) is 0 Å². The fourth-order valence-electron chi connectivity index (χ4n) is 6.66. The summed E-state index contributed by atoms with van der Waals surface area (Å²) in [5, 5.41) is 10.1. The average Bonchev–Trinajstić information content (AvgIpc) is 3.54. The van der Waals surface area contributed by atoms with E-state index in [0.717, 1.165) is 42.5 Å². The van der Waals surface area contributed by atoms with Crippen LogP contribution < -0.4 is 4.90 Å². The second kappa shape index (κ2) is 11.7. The number of fused-ring (bicyclic) bond motifs is 1. The van der Waals surface area contributed by atoms with Crippen LogP contribution in [0.2, 0.25) is 0 Å². The van der Waals surface area contributed by atoms with Crippen molar-refractivity contribution in [1.29, 1.82) is 0 Å². The maximum atomic E-state index is 14.6. The molecule has 7 nitrogen and oxygen atoms in total. The zero-order valence-corrected chi connectivity index (χ0v) is 23.5. The first kappa shape index (κ1) is 28.4. The Labute approximate surface area is 230 Å². The van der Waals surface area contributed by atoms with E-state index in [4.69, 9.17) is 4.74 Å². The number of benzene rings is 1. The highest BCUT2D eigenvalue weighted by molar-refractivity contribution is 8.02. The quantitative estimate of drug-likeness (QED) is 0.243. The Morgan fingerprint density at radius 1 is 1.26 bits per heavy atom. The Kier molecular flexibility index (Phi) is 8.72. The smallest absolute Gasteiger partial charge is 0.310 e. The van der Waals surface area contributed by atoms with Crippen LogP contribution in [0.25, 0.3) is 0 Å². The zero-order valence-electron chi connectivity index (χ0n) is 22.7. The van der Waals surface area contributed by atoms with E-state index >= 15 is 0 Å². The molecule has 2 amide bonds. The van der Waals surface area contributed by atoms with Gasteiger partial charge in [0.25, 0.3) is 5.91 Å². The van der Waals surface area contributed by atoms with Crippen molar-refractivity contribution in [1.82, 2.24) is 4.90 Å². The number of allylic oxidation sites excluding steroid dienone is 1. The number of thioether (sulfide) groups is 1. The molecule has 38 heavy (non-hydrogen) atoms. The summed E-state index contributed by atoms with van der Waals surface area (Å²) in [6.45, 7) is 13.6. The van der Waals surface area contributed by atoms with Gasteiger partial charge in [-0.25, -0.2) is 0 Å². The van der Waals surface area contributed by atoms with E-state index in [2.05, 4.69) is 13.2 Å². The molecule has 6 atom stereocenters. The van der Waals surface area contributed by atoms with Crippen molar-refractivity contribution in [3.63, 3.8) is 0 Å². The molecule has 1 spiro atoms. The van der Waals surface area contributed by atoms with Gasteiger partial charge in [-0.2, -0.15) is 0 Å². The molecule has 1 aromatic carbocycles. The summed E-state index contributed by atoms with van der Waals surface area (Å²) in [5.74, 6) is -1.99. The lowest BCUT2D eigenvalue weighted by Gasteiger charge is -2.39. The van der Waals surface area contributed by atoms with Gasteiger partial charge in [0.1, 0.15) is 6.04 Å². The van der Waals surface area contributed by atoms with Gasteiger partial charge in [0.05, 0.1) is 35.8 Å². The highest BCUT2D eigenvalue weighted by atomic mass is 32.2. The van der Waals surface area contributed by atoms with Crippen molar-refractivity contribution < 1.29 is 24.2 Å². The maximum Gasteiger partial charge on any atom is 0.310 e. The van der Waals surface area contributed by atoms with Gasteiger partial charge >= 0.3 is 5.97 Å². The molecule has 0 aromatic heterocycles. The lowest BCUT2D eigenvalue weighted by atomic mass is 9.71. The first-order valence-electron chi connectivity index (χ1n) is 13.6. The number of hydrogen-bond donors (Lipinski definition) is 1. The summed E-state index contributed by atoms with van der Waals surface area (Å²) in [4.78, 5) is 45.2. The Morgan fingerprint density at radius 2 is 1.97 bits per heavy atom. The molecule has 1 aromatic rings. The standard InChI is InChI=1S/C30H40N2O5S/c1-6-8-9-10-17-37-29(36)23-22-14-15-30(38-22)24(23)27(34)32(21(5)18-33)26(30)28(35)31(16-7-2)25-19(3)12-11-13-20(25)4/h6-7,11-13,21-24,26,33H,1-2,8-10,14-18H2,3-5H3/t21-,22+,23-,24+,26?,30?/m1/s1. The largest absolute Gasteiger partial charge is 0.465 e. The van der Waals surface area contributed by atoms with Crippen LogP contribution in [0.3, 0.4) is 0 Å². The van der Waals surface area contributed by atoms with Gasteiger partial charge in [-0.05, 0) is 64.0 Å². The minimum Gasteiger partial charge on any atom is -0.465 e. The number of esters is 1. The molecule has 3 aliphatic heterocycles. The highest BCUT2D eigenvalue weighted by Gasteiger charge is 2.74. The molecule has 0 radical (unpaired) electrons. The lowest BCUT2D eigenvalue weighted by molar-refractivity contribution is -0.154. The summed E-state index contributed by atoms with van der Waals surface area (Å²) >= 11 is 1.61. The van der Waals surface area contributed by atoms with Gasteiger partial charge in [-0.15, -0.1) is 24.9 Å². The predicted octanol–water partition coefficient (Wildman–Crippen LogP) is 4.19. The second-order valence-electron chi connectivity index (χ2n) is 10.8. The number of nitrogens with zero attached hydrogens (tertiary/aromatic N) is 2. The summed E-state index contributed by atoms with van der Waals surface area (Å²) in [7, 11) is 0. The number of unbranched alkanes of at least 4 members (excludes halogenated alkanes) is 2. The minimum atomic E-state index is -0.790. The zero-order chi connectivity index (χ0) is 27.6. The lowest BCUT2D eigenvalue weighted by Crippen LogP contribution is -2.57. The van der Waals surface area contributed by atoms with Gasteiger partial charge in [0, 0.05) is 17.5 Å². The molecular formula is C30H40N2O5S. The SMILES string of the molecule is C=CCCCCOC(=O)[C@@H]1[C@@H]2CCC3(S2)C(C(=O)N(CC=C)c2c(C)cccc2C)N([C@H](C)CO)C(=O)[C@H]13. The summed E-state index contributed by atoms with van der Waals surface area (Å²) in [5.41, 5.74) is 2.73. The van der Waals surface area contributed by atoms with Crippen LogP contribution in [-0.4, -0.2) is 69.6 Å². The number of aliphatic hydroxyl groups is 1. The molecule has 206 valence electrons. The molecule has 2 unspecified atom stereocenters. The molecule has 0 saturated carbocycles. The number of carbonyl (C=O) groups is 3. The van der Waals surface area contributed by atoms with Crippen molar-refractivity contribution in [3.05, 3.63) is 54.6 Å². The van der Waals surface area contributed by atoms with Crippen LogP contribution >= 0.6 is 11.8 Å². The first-order valence-corrected chi connectivity index (χ1v) is 14.5. The van der Waals surface area contributed by atoms with E-state index in [1.54, 1.807) is 34.6 Å². The van der Waals surface area contributed by atoms with E-state index in [-0.39, 0.29) is 29.6 Å². The summed E-state index contributed by atoms with van der Waals surface area (Å²) in [6.07, 6.45) is 7.46. The fourth-order valence-corrected chi connectivity index (χ4v) is 8.85. The van der Waals surface area contributed by atoms with Gasteiger partial charge in [-0.1, -0.05) is 30.4 Å². The van der Waals surface area contributed by atoms with Crippen LogP contribution in [0.15, 0.2) is 43.5 Å². The number of aliphatic hydroxyl groups excluding tert-OH is 1. The Hall–Kier alpha value is -2.58. The number of likely N-dealkylation sites (tertiary alicyclic amines) is 1. The Balaban J connectivity index is 1.70. The number of ether oxygens (including phenoxy) is 1. The van der Waals surface area contributed by atoms with Crippen LogP contribution in [0, 0.1) is 25.7 Å². The summed E-state index contributed by atoms with van der Waals surface area (Å²) in [6, 6.07) is 4.55. The molecule has 3 saturated heterocycles. The van der Waals surface area contributed by atoms with Crippen molar-refractivity contribution in [2.45, 2.75) is 75.0 Å². The average molecular weight is 541 g/mol. The number of anilines is 1. The second-order valence-corrected chi connectivity index (χ2v) is 12.4. The number of carbonyl (C=O) groups excluding carboxylic acids is 3. The monoisotopic (exact) mass is 540 g/mol. The van der Waals surface area contributed by atoms with Crippen LogP contribution in [0.1, 0.15) is 50.2 Å². The number of amides is 2. The van der Waals surface area contributed by atoms with Gasteiger partial charge in [0.2, 0.25) is 5.91 Å². The molecule has 3 fully saturated rings. The molecule has 3 heterocycles. The molecule has 3 aliphatic rings.